The Morgan fingerprint density at radius 3 is 2.53 bits per heavy atom. The number of hydrogen-bond donors (Lipinski definition) is 1. The molecule has 0 amide bonds. The van der Waals surface area contributed by atoms with Crippen LogP contribution in [0.25, 0.3) is 0 Å². The number of rotatable bonds is 7. The van der Waals surface area contributed by atoms with Crippen molar-refractivity contribution in [1.29, 1.82) is 0 Å². The lowest BCUT2D eigenvalue weighted by molar-refractivity contribution is -0.137. The Kier molecular flexibility index (Phi) is 6.47. The van der Waals surface area contributed by atoms with Crippen molar-refractivity contribution in [2.75, 3.05) is 45.9 Å². The monoisotopic (exact) mass is 244 g/mol. The first kappa shape index (κ1) is 14.4. The summed E-state index contributed by atoms with van der Waals surface area (Å²) in [5.41, 5.74) is 0. The summed E-state index contributed by atoms with van der Waals surface area (Å²) >= 11 is 0. The molecule has 0 saturated carbocycles. The lowest BCUT2D eigenvalue weighted by atomic mass is 10.2. The summed E-state index contributed by atoms with van der Waals surface area (Å²) in [6.07, 6.45) is 0.245. The second-order valence-corrected chi connectivity index (χ2v) is 4.53. The highest BCUT2D eigenvalue weighted by molar-refractivity contribution is 5.66. The maximum absolute atomic E-state index is 10.5. The molecule has 5 heteroatoms. The van der Waals surface area contributed by atoms with Crippen LogP contribution in [0.3, 0.4) is 0 Å². The molecule has 0 aromatic heterocycles. The molecular formula is C12H24N2O3. The summed E-state index contributed by atoms with van der Waals surface area (Å²) in [5.74, 6) is -0.711. The van der Waals surface area contributed by atoms with Gasteiger partial charge in [-0.25, -0.2) is 0 Å². The van der Waals surface area contributed by atoms with Gasteiger partial charge in [0.15, 0.2) is 0 Å². The Labute approximate surface area is 103 Å². The lowest BCUT2D eigenvalue weighted by Gasteiger charge is -2.37. The fourth-order valence-electron chi connectivity index (χ4n) is 2.08. The van der Waals surface area contributed by atoms with Crippen molar-refractivity contribution in [3.8, 4) is 0 Å². The normalized spacial score (nSPS) is 20.4. The number of carboxylic acids is 1. The van der Waals surface area contributed by atoms with Gasteiger partial charge in [0.1, 0.15) is 0 Å². The van der Waals surface area contributed by atoms with E-state index >= 15 is 0 Å². The van der Waals surface area contributed by atoms with E-state index in [9.17, 15) is 4.79 Å². The zero-order chi connectivity index (χ0) is 12.7. The molecule has 0 spiro atoms. The first-order valence-electron chi connectivity index (χ1n) is 6.39. The van der Waals surface area contributed by atoms with Crippen molar-refractivity contribution in [3.63, 3.8) is 0 Å². The maximum atomic E-state index is 10.5. The molecule has 1 N–H and O–H groups in total. The van der Waals surface area contributed by atoms with Gasteiger partial charge in [0.2, 0.25) is 0 Å². The third kappa shape index (κ3) is 5.48. The number of ether oxygens (including phenoxy) is 1. The number of hydrogen-bond acceptors (Lipinski definition) is 4. The van der Waals surface area contributed by atoms with Crippen LogP contribution in [-0.2, 0) is 9.53 Å². The molecule has 0 bridgehead atoms. The first-order chi connectivity index (χ1) is 8.13. The Bertz CT molecular complexity index is 228. The largest absolute Gasteiger partial charge is 0.481 e. The van der Waals surface area contributed by atoms with Crippen LogP contribution in [0, 0.1) is 0 Å². The molecule has 0 aliphatic carbocycles. The Balaban J connectivity index is 2.18. The minimum absolute atomic E-state index is 0.245. The van der Waals surface area contributed by atoms with Crippen LogP contribution in [0.15, 0.2) is 0 Å². The number of carbonyl (C=O) groups is 1. The maximum Gasteiger partial charge on any atom is 0.304 e. The molecule has 0 aromatic carbocycles. The predicted molar refractivity (Wildman–Crippen MR) is 66.2 cm³/mol. The van der Waals surface area contributed by atoms with Crippen LogP contribution < -0.4 is 0 Å². The smallest absolute Gasteiger partial charge is 0.304 e. The van der Waals surface area contributed by atoms with Crippen LogP contribution in [0.5, 0.6) is 0 Å². The minimum atomic E-state index is -0.711. The summed E-state index contributed by atoms with van der Waals surface area (Å²) in [6, 6.07) is 0.455. The quantitative estimate of drug-likeness (QED) is 0.707. The van der Waals surface area contributed by atoms with Gasteiger partial charge in [-0.1, -0.05) is 0 Å². The number of nitrogens with zero attached hydrogens (tertiary/aromatic N) is 2. The molecule has 1 fully saturated rings. The van der Waals surface area contributed by atoms with Crippen molar-refractivity contribution < 1.29 is 14.6 Å². The summed E-state index contributed by atoms with van der Waals surface area (Å²) in [4.78, 5) is 15.1. The van der Waals surface area contributed by atoms with Crippen molar-refractivity contribution in [2.45, 2.75) is 26.3 Å². The lowest BCUT2D eigenvalue weighted by Crippen LogP contribution is -2.51. The fraction of sp³-hybridized carbons (Fsp3) is 0.917. The predicted octanol–water partition coefficient (Wildman–Crippen LogP) is 0.504. The Hall–Kier alpha value is -0.650. The molecule has 100 valence electrons. The summed E-state index contributed by atoms with van der Waals surface area (Å²) in [7, 11) is 0. The zero-order valence-corrected chi connectivity index (χ0v) is 10.9. The minimum Gasteiger partial charge on any atom is -0.481 e. The van der Waals surface area contributed by atoms with Crippen LogP contribution in [0.2, 0.25) is 0 Å². The molecule has 1 unspecified atom stereocenters. The highest BCUT2D eigenvalue weighted by Crippen LogP contribution is 2.07. The molecule has 5 nitrogen and oxygen atoms in total. The molecule has 1 rings (SSSR count). The molecule has 1 aliphatic rings. The number of piperazine rings is 1. The first-order valence-corrected chi connectivity index (χ1v) is 6.39. The Morgan fingerprint density at radius 2 is 2.00 bits per heavy atom. The molecule has 1 heterocycles. The van der Waals surface area contributed by atoms with Crippen LogP contribution in [-0.4, -0.2) is 72.9 Å². The van der Waals surface area contributed by atoms with Gasteiger partial charge >= 0.3 is 5.97 Å². The van der Waals surface area contributed by atoms with Gasteiger partial charge in [-0.05, 0) is 13.8 Å². The molecule has 17 heavy (non-hydrogen) atoms. The van der Waals surface area contributed by atoms with Gasteiger partial charge in [-0.2, -0.15) is 0 Å². The van der Waals surface area contributed by atoms with Crippen molar-refractivity contribution in [3.05, 3.63) is 0 Å². The average Bonchev–Trinajstić information content (AvgIpc) is 2.34. The average molecular weight is 244 g/mol. The Morgan fingerprint density at radius 1 is 1.35 bits per heavy atom. The van der Waals surface area contributed by atoms with Crippen LogP contribution >= 0.6 is 0 Å². The van der Waals surface area contributed by atoms with E-state index in [0.717, 1.165) is 39.4 Å². The topological polar surface area (TPSA) is 53.0 Å². The van der Waals surface area contributed by atoms with Gasteiger partial charge in [0, 0.05) is 45.4 Å². The van der Waals surface area contributed by atoms with E-state index in [0.29, 0.717) is 12.6 Å². The molecule has 1 saturated heterocycles. The second-order valence-electron chi connectivity index (χ2n) is 4.53. The second kappa shape index (κ2) is 7.63. The fourth-order valence-corrected chi connectivity index (χ4v) is 2.08. The summed E-state index contributed by atoms with van der Waals surface area (Å²) in [6.45, 7) is 10.4. The number of aliphatic carboxylic acids is 1. The van der Waals surface area contributed by atoms with Crippen molar-refractivity contribution in [1.82, 2.24) is 9.80 Å². The summed E-state index contributed by atoms with van der Waals surface area (Å²) in [5, 5.41) is 8.63. The van der Waals surface area contributed by atoms with Gasteiger partial charge in [-0.15, -0.1) is 0 Å². The molecule has 0 aromatic rings. The van der Waals surface area contributed by atoms with E-state index in [1.54, 1.807) is 0 Å². The molecule has 1 aliphatic heterocycles. The highest BCUT2D eigenvalue weighted by Gasteiger charge is 2.21. The SMILES string of the molecule is CCOCC(C)N1CCN(CCC(=O)O)CC1. The summed E-state index contributed by atoms with van der Waals surface area (Å²) < 4.78 is 5.42. The van der Waals surface area contributed by atoms with Gasteiger partial charge < -0.3 is 14.7 Å². The van der Waals surface area contributed by atoms with Crippen molar-refractivity contribution >= 4 is 5.97 Å². The van der Waals surface area contributed by atoms with E-state index in [2.05, 4.69) is 16.7 Å². The van der Waals surface area contributed by atoms with E-state index in [4.69, 9.17) is 9.84 Å². The highest BCUT2D eigenvalue weighted by atomic mass is 16.5. The van der Waals surface area contributed by atoms with Gasteiger partial charge in [0.25, 0.3) is 0 Å². The third-order valence-corrected chi connectivity index (χ3v) is 3.24. The van der Waals surface area contributed by atoms with E-state index in [1.165, 1.54) is 0 Å². The van der Waals surface area contributed by atoms with E-state index < -0.39 is 5.97 Å². The number of carboxylic acid groups (broad SMARTS) is 1. The molecule has 0 radical (unpaired) electrons. The van der Waals surface area contributed by atoms with Gasteiger partial charge in [0.05, 0.1) is 13.0 Å². The van der Waals surface area contributed by atoms with Crippen LogP contribution in [0.4, 0.5) is 0 Å². The molecule has 1 atom stereocenters. The van der Waals surface area contributed by atoms with Crippen LogP contribution in [0.1, 0.15) is 20.3 Å². The van der Waals surface area contributed by atoms with E-state index in [1.807, 2.05) is 6.92 Å². The third-order valence-electron chi connectivity index (χ3n) is 3.24. The molecular weight excluding hydrogens is 220 g/mol. The van der Waals surface area contributed by atoms with Crippen molar-refractivity contribution in [2.24, 2.45) is 0 Å². The standard InChI is InChI=1S/C12H24N2O3/c1-3-17-10-11(2)14-8-6-13(7-9-14)5-4-12(15)16/h11H,3-10H2,1-2H3,(H,15,16). The van der Waals surface area contributed by atoms with E-state index in [-0.39, 0.29) is 6.42 Å². The van der Waals surface area contributed by atoms with Gasteiger partial charge in [-0.3, -0.25) is 9.69 Å². The zero-order valence-electron chi connectivity index (χ0n) is 10.9.